The van der Waals surface area contributed by atoms with Gasteiger partial charge in [-0.2, -0.15) is 0 Å². The summed E-state index contributed by atoms with van der Waals surface area (Å²) in [5, 5.41) is 2.89. The number of urea groups is 1. The monoisotopic (exact) mass is 661 g/mol. The van der Waals surface area contributed by atoms with E-state index in [1.54, 1.807) is 59.8 Å². The van der Waals surface area contributed by atoms with Crippen molar-refractivity contribution in [3.63, 3.8) is 0 Å². The van der Waals surface area contributed by atoms with Crippen LogP contribution in [0.25, 0.3) is 0 Å². The second-order valence-corrected chi connectivity index (χ2v) is 11.9. The van der Waals surface area contributed by atoms with Crippen LogP contribution in [0.2, 0.25) is 0 Å². The van der Waals surface area contributed by atoms with Crippen LogP contribution >= 0.6 is 24.8 Å². The van der Waals surface area contributed by atoms with Gasteiger partial charge in [0.05, 0.1) is 18.1 Å². The second-order valence-electron chi connectivity index (χ2n) is 10.2. The molecule has 1 aliphatic heterocycles. The number of rotatable bonds is 9. The van der Waals surface area contributed by atoms with E-state index in [2.05, 4.69) is 19.9 Å². The van der Waals surface area contributed by atoms with Gasteiger partial charge in [0.2, 0.25) is 10.0 Å². The van der Waals surface area contributed by atoms with E-state index >= 15 is 0 Å². The zero-order valence-electron chi connectivity index (χ0n) is 23.9. The smallest absolute Gasteiger partial charge is 0.326 e. The van der Waals surface area contributed by atoms with Crippen LogP contribution in [0, 0.1) is 5.82 Å². The first-order chi connectivity index (χ1) is 20.2. The molecule has 44 heavy (non-hydrogen) atoms. The molecule has 9 nitrogen and oxygen atoms in total. The minimum atomic E-state index is -3.33. The van der Waals surface area contributed by atoms with E-state index in [1.807, 2.05) is 30.3 Å². The van der Waals surface area contributed by atoms with Gasteiger partial charge >= 0.3 is 6.03 Å². The Labute approximate surface area is 269 Å². The van der Waals surface area contributed by atoms with Crippen LogP contribution in [0.5, 0.6) is 11.5 Å². The topological polar surface area (TPSA) is 104 Å². The van der Waals surface area contributed by atoms with Gasteiger partial charge in [0.1, 0.15) is 17.3 Å². The molecule has 4 aromatic rings. The van der Waals surface area contributed by atoms with E-state index in [0.717, 1.165) is 44.3 Å². The number of anilines is 3. The predicted molar refractivity (Wildman–Crippen MR) is 176 cm³/mol. The molecule has 1 fully saturated rings. The molecule has 2 N–H and O–H groups in total. The van der Waals surface area contributed by atoms with E-state index in [1.165, 1.54) is 12.1 Å². The van der Waals surface area contributed by atoms with Crippen molar-refractivity contribution in [2.24, 2.45) is 0 Å². The zero-order valence-corrected chi connectivity index (χ0v) is 26.4. The number of carbonyl (C=O) groups is 1. The number of benzene rings is 3. The Morgan fingerprint density at radius 2 is 1.52 bits per heavy atom. The van der Waals surface area contributed by atoms with Gasteiger partial charge in [0.15, 0.2) is 0 Å². The molecule has 0 unspecified atom stereocenters. The van der Waals surface area contributed by atoms with Crippen molar-refractivity contribution in [1.82, 2.24) is 9.88 Å². The zero-order chi connectivity index (χ0) is 29.5. The molecule has 0 spiro atoms. The number of sulfonamides is 1. The molecule has 2 amide bonds. The molecule has 234 valence electrons. The second kappa shape index (κ2) is 15.7. The van der Waals surface area contributed by atoms with Gasteiger partial charge in [-0.25, -0.2) is 17.6 Å². The van der Waals surface area contributed by atoms with E-state index in [4.69, 9.17) is 4.74 Å². The number of piperidine rings is 1. The van der Waals surface area contributed by atoms with Crippen LogP contribution in [0.4, 0.5) is 26.2 Å². The molecule has 0 aliphatic carbocycles. The number of carbonyl (C=O) groups excluding carboxylic acids is 1. The number of hydrogen-bond acceptors (Lipinski definition) is 6. The molecule has 0 bridgehead atoms. The van der Waals surface area contributed by atoms with Crippen molar-refractivity contribution in [2.45, 2.75) is 25.4 Å². The van der Waals surface area contributed by atoms with Crippen LogP contribution in [0.3, 0.4) is 0 Å². The summed E-state index contributed by atoms with van der Waals surface area (Å²) in [6, 6.07) is 23.7. The third-order valence-electron chi connectivity index (χ3n) is 6.88. The van der Waals surface area contributed by atoms with Crippen LogP contribution < -0.4 is 19.7 Å². The standard InChI is InChI=1S/C31H32FN5O4S.2ClH/c1-42(39,40)35-26-10-14-30(15-11-26)41-29-12-4-23(5-13-29)22-36-19-16-27(17-20-36)37(28-3-2-18-33-21-28)31(38)34-25-8-6-24(32)7-9-25;;/h2-15,18,21,27,35H,16-17,19-20,22H2,1H3,(H,34,38);2*1H. The summed E-state index contributed by atoms with van der Waals surface area (Å²) in [5.41, 5.74) is 2.86. The number of aromatic nitrogens is 1. The first kappa shape index (κ1) is 34.6. The number of hydrogen-bond donors (Lipinski definition) is 2. The first-order valence-electron chi connectivity index (χ1n) is 13.5. The van der Waals surface area contributed by atoms with E-state index < -0.39 is 10.0 Å². The summed E-state index contributed by atoms with van der Waals surface area (Å²) in [5.74, 6) is 0.925. The van der Waals surface area contributed by atoms with Gasteiger partial charge in [-0.05, 0) is 91.2 Å². The maximum atomic E-state index is 13.3. The van der Waals surface area contributed by atoms with Crippen molar-refractivity contribution >= 4 is 57.9 Å². The molecule has 1 saturated heterocycles. The Hall–Kier alpha value is -3.90. The highest BCUT2D eigenvalue weighted by Crippen LogP contribution is 2.27. The Balaban J connectivity index is 0.00000264. The number of nitrogens with one attached hydrogen (secondary N) is 2. The maximum absolute atomic E-state index is 13.3. The van der Waals surface area contributed by atoms with E-state index in [0.29, 0.717) is 28.6 Å². The molecule has 0 radical (unpaired) electrons. The van der Waals surface area contributed by atoms with Gasteiger partial charge < -0.3 is 10.1 Å². The average Bonchev–Trinajstić information content (AvgIpc) is 2.97. The van der Waals surface area contributed by atoms with Gasteiger partial charge in [-0.3, -0.25) is 19.5 Å². The predicted octanol–water partition coefficient (Wildman–Crippen LogP) is 6.93. The quantitative estimate of drug-likeness (QED) is 0.202. The third-order valence-corrected chi connectivity index (χ3v) is 7.49. The minimum Gasteiger partial charge on any atom is -0.457 e. The Kier molecular flexibility index (Phi) is 12.4. The lowest BCUT2D eigenvalue weighted by molar-refractivity contribution is 0.199. The van der Waals surface area contributed by atoms with Gasteiger partial charge in [0, 0.05) is 43.2 Å². The van der Waals surface area contributed by atoms with E-state index in [-0.39, 0.29) is 42.7 Å². The minimum absolute atomic E-state index is 0. The fourth-order valence-electron chi connectivity index (χ4n) is 4.90. The Bertz CT molecular complexity index is 1590. The Morgan fingerprint density at radius 1 is 0.932 bits per heavy atom. The number of nitrogens with zero attached hydrogens (tertiary/aromatic N) is 3. The number of halogens is 3. The molecule has 13 heteroatoms. The molecule has 0 saturated carbocycles. The van der Waals surface area contributed by atoms with Crippen LogP contribution in [-0.2, 0) is 16.6 Å². The Morgan fingerprint density at radius 3 is 2.09 bits per heavy atom. The summed E-state index contributed by atoms with van der Waals surface area (Å²) in [6.45, 7) is 2.41. The number of pyridine rings is 1. The van der Waals surface area contributed by atoms with Gasteiger partial charge in [-0.1, -0.05) is 12.1 Å². The van der Waals surface area contributed by atoms with Crippen molar-refractivity contribution in [1.29, 1.82) is 0 Å². The van der Waals surface area contributed by atoms with Crippen molar-refractivity contribution in [3.8, 4) is 11.5 Å². The molecule has 5 rings (SSSR count). The summed E-state index contributed by atoms with van der Waals surface area (Å²) < 4.78 is 44.4. The molecule has 0 atom stereocenters. The highest BCUT2D eigenvalue weighted by atomic mass is 35.5. The normalized spacial score (nSPS) is 13.6. The number of amides is 2. The fourth-order valence-corrected chi connectivity index (χ4v) is 5.47. The molecular formula is C31H34Cl2FN5O4S. The van der Waals surface area contributed by atoms with Crippen LogP contribution in [0.1, 0.15) is 18.4 Å². The van der Waals surface area contributed by atoms with Gasteiger partial charge in [-0.15, -0.1) is 24.8 Å². The highest BCUT2D eigenvalue weighted by Gasteiger charge is 2.29. The first-order valence-corrected chi connectivity index (χ1v) is 15.4. The average molecular weight is 663 g/mol. The van der Waals surface area contributed by atoms with E-state index in [9.17, 15) is 17.6 Å². The summed E-state index contributed by atoms with van der Waals surface area (Å²) in [4.78, 5) is 21.7. The summed E-state index contributed by atoms with van der Waals surface area (Å²) in [6.07, 6.45) is 6.04. The highest BCUT2D eigenvalue weighted by molar-refractivity contribution is 7.92. The lowest BCUT2D eigenvalue weighted by atomic mass is 10.0. The lowest BCUT2D eigenvalue weighted by Crippen LogP contribution is -2.49. The molecule has 2 heterocycles. The largest absolute Gasteiger partial charge is 0.457 e. The van der Waals surface area contributed by atoms with Crippen molar-refractivity contribution in [3.05, 3.63) is 109 Å². The SMILES string of the molecule is CS(=O)(=O)Nc1ccc(Oc2ccc(CN3CCC(N(C(=O)Nc4ccc(F)cc4)c4cccnc4)CC3)cc2)cc1.Cl.Cl. The third kappa shape index (κ3) is 9.81. The van der Waals surface area contributed by atoms with Crippen LogP contribution in [-0.4, -0.2) is 49.7 Å². The maximum Gasteiger partial charge on any atom is 0.326 e. The van der Waals surface area contributed by atoms with Crippen molar-refractivity contribution < 1.29 is 22.3 Å². The van der Waals surface area contributed by atoms with Gasteiger partial charge in [0.25, 0.3) is 0 Å². The molecule has 3 aromatic carbocycles. The molecular weight excluding hydrogens is 628 g/mol. The molecule has 1 aromatic heterocycles. The lowest BCUT2D eigenvalue weighted by Gasteiger charge is -2.38. The van der Waals surface area contributed by atoms with Crippen LogP contribution in [0.15, 0.2) is 97.3 Å². The summed E-state index contributed by atoms with van der Waals surface area (Å²) in [7, 11) is -3.33. The van der Waals surface area contributed by atoms with Crippen molar-refractivity contribution in [2.75, 3.05) is 34.3 Å². The number of ether oxygens (including phenoxy) is 1. The molecule has 1 aliphatic rings. The fraction of sp³-hybridized carbons (Fsp3) is 0.226. The number of likely N-dealkylation sites (tertiary alicyclic amines) is 1. The summed E-state index contributed by atoms with van der Waals surface area (Å²) >= 11 is 0.